The van der Waals surface area contributed by atoms with Crippen LogP contribution in [-0.2, 0) is 57.6 Å². The summed E-state index contributed by atoms with van der Waals surface area (Å²) < 4.78 is 22.7. The first-order chi connectivity index (χ1) is 24.4. The molecule has 0 N–H and O–H groups in total. The van der Waals surface area contributed by atoms with Crippen LogP contribution >= 0.6 is 21.6 Å². The Morgan fingerprint density at radius 3 is 1.26 bits per heavy atom. The van der Waals surface area contributed by atoms with Gasteiger partial charge < -0.3 is 18.9 Å². The Kier molecular flexibility index (Phi) is 16.5. The number of nitrogens with zero attached hydrogens (tertiary/aromatic N) is 2. The average molecular weight is 717 g/mol. The van der Waals surface area contributed by atoms with Crippen LogP contribution in [0.5, 0.6) is 11.5 Å². The van der Waals surface area contributed by atoms with E-state index < -0.39 is 10.5 Å². The molecule has 0 fully saturated rings. The summed E-state index contributed by atoms with van der Waals surface area (Å²) in [5, 5.41) is -1.02. The molecule has 2 unspecified atom stereocenters. The Morgan fingerprint density at radius 1 is 0.560 bits per heavy atom. The predicted octanol–water partition coefficient (Wildman–Crippen LogP) is 7.87. The van der Waals surface area contributed by atoms with Crippen molar-refractivity contribution in [2.75, 3.05) is 26.4 Å². The Hall–Kier alpha value is -4.02. The first-order valence-corrected chi connectivity index (χ1v) is 19.6. The molecule has 0 bridgehead atoms. The number of carbonyl (C=O) groups excluding carboxylic acids is 2. The van der Waals surface area contributed by atoms with E-state index in [1.165, 1.54) is 32.7 Å². The molecule has 8 nitrogen and oxygen atoms in total. The topological polar surface area (TPSA) is 96.8 Å². The van der Waals surface area contributed by atoms with Crippen molar-refractivity contribution in [3.8, 4) is 11.5 Å². The molecule has 0 saturated carbocycles. The molecule has 4 rings (SSSR count). The molecule has 2 heterocycles. The van der Waals surface area contributed by atoms with E-state index in [4.69, 9.17) is 18.9 Å². The van der Waals surface area contributed by atoms with Crippen molar-refractivity contribution in [2.24, 2.45) is 0 Å². The molecular weight excluding hydrogens is 669 g/mol. The smallest absolute Gasteiger partial charge is 0.320 e. The third kappa shape index (κ3) is 13.0. The summed E-state index contributed by atoms with van der Waals surface area (Å²) in [6.07, 6.45) is 8.10. The van der Waals surface area contributed by atoms with Gasteiger partial charge >= 0.3 is 11.9 Å². The number of benzene rings is 2. The molecule has 0 saturated heterocycles. The number of pyridine rings is 2. The van der Waals surface area contributed by atoms with Crippen LogP contribution in [0, 0.1) is 0 Å². The minimum atomic E-state index is -0.510. The number of ether oxygens (including phenoxy) is 4. The molecule has 2 atom stereocenters. The fourth-order valence-corrected chi connectivity index (χ4v) is 7.73. The molecule has 50 heavy (non-hydrogen) atoms. The van der Waals surface area contributed by atoms with Gasteiger partial charge in [0.25, 0.3) is 0 Å². The van der Waals surface area contributed by atoms with E-state index in [-0.39, 0.29) is 25.2 Å². The minimum Gasteiger partial charge on any atom is -0.493 e. The van der Waals surface area contributed by atoms with E-state index in [2.05, 4.69) is 35.9 Å². The third-order valence-electron chi connectivity index (χ3n) is 7.92. The Bertz CT molecular complexity index is 1460. The number of carbonyl (C=O) groups is 2. The Labute approximate surface area is 304 Å². The van der Waals surface area contributed by atoms with E-state index in [1.807, 2.05) is 73.1 Å². The van der Waals surface area contributed by atoms with Gasteiger partial charge in [0.05, 0.1) is 26.4 Å². The van der Waals surface area contributed by atoms with Crippen LogP contribution in [-0.4, -0.2) is 58.8 Å². The zero-order chi connectivity index (χ0) is 35.6. The second-order valence-corrected chi connectivity index (χ2v) is 14.3. The van der Waals surface area contributed by atoms with Crippen molar-refractivity contribution in [1.82, 2.24) is 9.97 Å². The summed E-state index contributed by atoms with van der Waals surface area (Å²) >= 11 is 0. The highest BCUT2D eigenvalue weighted by Gasteiger charge is 2.28. The third-order valence-corrected chi connectivity index (χ3v) is 10.9. The lowest BCUT2D eigenvalue weighted by molar-refractivity contribution is -0.143. The molecule has 0 aliphatic carbocycles. The molecule has 266 valence electrons. The molecule has 10 heteroatoms. The van der Waals surface area contributed by atoms with Gasteiger partial charge in [0.1, 0.15) is 22.0 Å². The standard InChI is InChI=1S/C40H48N2O6S2/c1-5-29-9-15-33(41-27-29)21-23-47-35-17-11-31(12-18-35)25-37(39(43)45-7-3)49-50-38(40(44)46-8-4)26-32-13-19-36(20-14-32)48-24-22-34-16-10-30(6-2)28-42-34/h9-20,27-28,37-38H,5-8,21-26H2,1-4H3. The van der Waals surface area contributed by atoms with Crippen LogP contribution in [0.15, 0.2) is 85.2 Å². The maximum absolute atomic E-state index is 13.0. The Morgan fingerprint density at radius 2 is 0.940 bits per heavy atom. The van der Waals surface area contributed by atoms with Crippen molar-refractivity contribution < 1.29 is 28.5 Å². The van der Waals surface area contributed by atoms with E-state index in [0.29, 0.717) is 26.1 Å². The SMILES string of the molecule is CCOC(=O)C(Cc1ccc(OCCc2ccc(CC)cn2)cc1)SSC(Cc1ccc(OCCc2ccc(CC)cn2)cc1)C(=O)OCC. The van der Waals surface area contributed by atoms with Crippen molar-refractivity contribution in [2.45, 2.75) is 76.7 Å². The zero-order valence-electron chi connectivity index (χ0n) is 29.5. The summed E-state index contributed by atoms with van der Waals surface area (Å²) in [4.78, 5) is 35.0. The van der Waals surface area contributed by atoms with Crippen LogP contribution in [0.4, 0.5) is 0 Å². The number of hydrogen-bond donors (Lipinski definition) is 0. The maximum atomic E-state index is 13.0. The number of rotatable bonds is 21. The van der Waals surface area contributed by atoms with E-state index in [9.17, 15) is 9.59 Å². The normalized spacial score (nSPS) is 12.2. The second kappa shape index (κ2) is 21.3. The van der Waals surface area contributed by atoms with Gasteiger partial charge in [-0.2, -0.15) is 0 Å². The van der Waals surface area contributed by atoms with Gasteiger partial charge in [-0.1, -0.05) is 71.8 Å². The molecule has 2 aromatic heterocycles. The predicted molar refractivity (Wildman–Crippen MR) is 202 cm³/mol. The molecular formula is C40H48N2O6S2. The molecule has 0 aliphatic rings. The quantitative estimate of drug-likeness (QED) is 0.0626. The molecule has 4 aromatic rings. The zero-order valence-corrected chi connectivity index (χ0v) is 31.1. The lowest BCUT2D eigenvalue weighted by atomic mass is 10.1. The molecule has 2 aromatic carbocycles. The summed E-state index contributed by atoms with van der Waals surface area (Å²) in [6.45, 7) is 9.41. The van der Waals surface area contributed by atoms with Gasteiger partial charge in [-0.3, -0.25) is 19.6 Å². The molecule has 0 radical (unpaired) electrons. The fraction of sp³-hybridized carbons (Fsp3) is 0.400. The molecule has 0 amide bonds. The first-order valence-electron chi connectivity index (χ1n) is 17.4. The van der Waals surface area contributed by atoms with E-state index in [0.717, 1.165) is 59.7 Å². The molecule has 0 spiro atoms. The van der Waals surface area contributed by atoms with Gasteiger partial charge in [-0.15, -0.1) is 0 Å². The Balaban J connectivity index is 1.30. The van der Waals surface area contributed by atoms with Gasteiger partial charge in [0, 0.05) is 36.6 Å². The fourth-order valence-electron chi connectivity index (χ4n) is 4.96. The number of aromatic nitrogens is 2. The van der Waals surface area contributed by atoms with Crippen molar-refractivity contribution in [3.63, 3.8) is 0 Å². The number of hydrogen-bond acceptors (Lipinski definition) is 10. The second-order valence-electron chi connectivity index (χ2n) is 11.6. The lowest BCUT2D eigenvalue weighted by Gasteiger charge is -2.19. The summed E-state index contributed by atoms with van der Waals surface area (Å²) in [7, 11) is 2.70. The maximum Gasteiger partial charge on any atom is 0.320 e. The summed E-state index contributed by atoms with van der Waals surface area (Å²) in [5.41, 5.74) is 6.36. The van der Waals surface area contributed by atoms with Crippen LogP contribution < -0.4 is 9.47 Å². The van der Waals surface area contributed by atoms with Crippen LogP contribution in [0.2, 0.25) is 0 Å². The summed E-state index contributed by atoms with van der Waals surface area (Å²) in [6, 6.07) is 23.8. The number of aryl methyl sites for hydroxylation is 2. The van der Waals surface area contributed by atoms with Gasteiger partial charge in [0.2, 0.25) is 0 Å². The van der Waals surface area contributed by atoms with Crippen molar-refractivity contribution in [1.29, 1.82) is 0 Å². The highest BCUT2D eigenvalue weighted by atomic mass is 33.1. The highest BCUT2D eigenvalue weighted by molar-refractivity contribution is 8.77. The van der Waals surface area contributed by atoms with E-state index in [1.54, 1.807) is 13.8 Å². The number of esters is 2. The molecule has 0 aliphatic heterocycles. The minimum absolute atomic E-state index is 0.279. The lowest BCUT2D eigenvalue weighted by Crippen LogP contribution is -2.25. The van der Waals surface area contributed by atoms with Crippen LogP contribution in [0.25, 0.3) is 0 Å². The van der Waals surface area contributed by atoms with Crippen LogP contribution in [0.1, 0.15) is 61.3 Å². The average Bonchev–Trinajstić information content (AvgIpc) is 3.14. The van der Waals surface area contributed by atoms with Gasteiger partial charge in [-0.25, -0.2) is 0 Å². The van der Waals surface area contributed by atoms with Crippen molar-refractivity contribution in [3.05, 3.63) is 119 Å². The van der Waals surface area contributed by atoms with Gasteiger partial charge in [0.15, 0.2) is 0 Å². The highest BCUT2D eigenvalue weighted by Crippen LogP contribution is 2.36. The van der Waals surface area contributed by atoms with E-state index >= 15 is 0 Å². The largest absolute Gasteiger partial charge is 0.493 e. The van der Waals surface area contributed by atoms with Crippen LogP contribution in [0.3, 0.4) is 0 Å². The first kappa shape index (κ1) is 38.8. The van der Waals surface area contributed by atoms with Gasteiger partial charge in [-0.05, 0) is 98.2 Å². The monoisotopic (exact) mass is 716 g/mol. The van der Waals surface area contributed by atoms with Crippen molar-refractivity contribution >= 4 is 33.5 Å². The summed E-state index contributed by atoms with van der Waals surface area (Å²) in [5.74, 6) is 0.886.